The fourth-order valence-electron chi connectivity index (χ4n) is 2.47. The second-order valence-corrected chi connectivity index (χ2v) is 8.65. The van der Waals surface area contributed by atoms with E-state index in [-0.39, 0.29) is 5.57 Å². The van der Waals surface area contributed by atoms with Gasteiger partial charge in [0.1, 0.15) is 17.4 Å². The van der Waals surface area contributed by atoms with Crippen LogP contribution in [0.25, 0.3) is 6.08 Å². The minimum Gasteiger partial charge on any atom is -0.492 e. The number of ether oxygens (including phenoxy) is 1. The van der Waals surface area contributed by atoms with Crippen molar-refractivity contribution in [3.8, 4) is 11.8 Å². The molecule has 28 heavy (non-hydrogen) atoms. The molecule has 0 aliphatic heterocycles. The number of hydrogen-bond acceptors (Lipinski definition) is 3. The number of halogens is 2. The average Bonchev–Trinajstić information content (AvgIpc) is 2.62. The molecule has 0 saturated heterocycles. The summed E-state index contributed by atoms with van der Waals surface area (Å²) in [5.41, 5.74) is 3.38. The van der Waals surface area contributed by atoms with Gasteiger partial charge in [-0.15, -0.1) is 0 Å². The molecular formula is C22H22Br2N2O2. The molecule has 0 aliphatic carbocycles. The first-order chi connectivity index (χ1) is 13.2. The van der Waals surface area contributed by atoms with Crippen LogP contribution in [0.4, 0.5) is 5.69 Å². The van der Waals surface area contributed by atoms with Gasteiger partial charge < -0.3 is 10.1 Å². The zero-order chi connectivity index (χ0) is 20.8. The number of anilines is 1. The molecule has 0 aromatic heterocycles. The molecule has 0 radical (unpaired) electrons. The van der Waals surface area contributed by atoms with E-state index in [1.807, 2.05) is 50.2 Å². The lowest BCUT2D eigenvalue weighted by molar-refractivity contribution is -0.112. The lowest BCUT2D eigenvalue weighted by Crippen LogP contribution is -2.14. The van der Waals surface area contributed by atoms with Crippen molar-refractivity contribution in [1.82, 2.24) is 0 Å². The number of rotatable bonds is 6. The van der Waals surface area contributed by atoms with Gasteiger partial charge in [-0.3, -0.25) is 4.79 Å². The van der Waals surface area contributed by atoms with Crippen LogP contribution in [0, 0.1) is 31.1 Å². The van der Waals surface area contributed by atoms with Crippen molar-refractivity contribution in [3.05, 3.63) is 61.5 Å². The van der Waals surface area contributed by atoms with Crippen molar-refractivity contribution in [1.29, 1.82) is 5.26 Å². The van der Waals surface area contributed by atoms with Crippen molar-refractivity contribution in [3.63, 3.8) is 0 Å². The Morgan fingerprint density at radius 2 is 2.00 bits per heavy atom. The summed E-state index contributed by atoms with van der Waals surface area (Å²) in [4.78, 5) is 12.7. The van der Waals surface area contributed by atoms with E-state index in [4.69, 9.17) is 4.74 Å². The summed E-state index contributed by atoms with van der Waals surface area (Å²) < 4.78 is 7.47. The van der Waals surface area contributed by atoms with Crippen LogP contribution in [0.3, 0.4) is 0 Å². The minimum atomic E-state index is -0.456. The normalized spacial score (nSPS) is 11.3. The molecule has 0 atom stereocenters. The van der Waals surface area contributed by atoms with E-state index in [1.165, 1.54) is 0 Å². The number of nitriles is 1. The third-order valence-electron chi connectivity index (χ3n) is 4.12. The number of benzene rings is 2. The third kappa shape index (κ3) is 5.70. The van der Waals surface area contributed by atoms with E-state index in [0.29, 0.717) is 29.5 Å². The van der Waals surface area contributed by atoms with E-state index in [0.717, 1.165) is 20.1 Å². The average molecular weight is 506 g/mol. The van der Waals surface area contributed by atoms with Crippen LogP contribution < -0.4 is 10.1 Å². The summed E-state index contributed by atoms with van der Waals surface area (Å²) in [5.74, 6) is 0.488. The number of carbonyl (C=O) groups excluding carboxylic acids is 1. The maximum atomic E-state index is 12.7. The fourth-order valence-corrected chi connectivity index (χ4v) is 3.84. The number of nitrogens with zero attached hydrogens (tertiary/aromatic N) is 1. The van der Waals surface area contributed by atoms with Crippen LogP contribution >= 0.6 is 31.9 Å². The smallest absolute Gasteiger partial charge is 0.266 e. The topological polar surface area (TPSA) is 62.1 Å². The van der Waals surface area contributed by atoms with E-state index >= 15 is 0 Å². The lowest BCUT2D eigenvalue weighted by atomic mass is 10.1. The molecule has 2 aromatic carbocycles. The van der Waals surface area contributed by atoms with E-state index in [9.17, 15) is 10.1 Å². The molecule has 6 heteroatoms. The Kier molecular flexibility index (Phi) is 7.85. The summed E-state index contributed by atoms with van der Waals surface area (Å²) in [5, 5.41) is 12.4. The molecule has 0 bridgehead atoms. The largest absolute Gasteiger partial charge is 0.492 e. The summed E-state index contributed by atoms with van der Waals surface area (Å²) in [6.07, 6.45) is 1.55. The molecule has 4 nitrogen and oxygen atoms in total. The maximum absolute atomic E-state index is 12.7. The summed E-state index contributed by atoms with van der Waals surface area (Å²) >= 11 is 6.95. The molecule has 146 valence electrons. The molecule has 2 rings (SSSR count). The van der Waals surface area contributed by atoms with Crippen molar-refractivity contribution in [2.45, 2.75) is 27.7 Å². The van der Waals surface area contributed by atoms with Gasteiger partial charge in [0.25, 0.3) is 5.91 Å². The summed E-state index contributed by atoms with van der Waals surface area (Å²) in [7, 11) is 0. The van der Waals surface area contributed by atoms with Gasteiger partial charge in [0.2, 0.25) is 0 Å². The Morgan fingerprint density at radius 3 is 2.64 bits per heavy atom. The molecule has 0 aliphatic rings. The van der Waals surface area contributed by atoms with Crippen molar-refractivity contribution < 1.29 is 9.53 Å². The summed E-state index contributed by atoms with van der Waals surface area (Å²) in [6.45, 7) is 8.55. The van der Waals surface area contributed by atoms with Gasteiger partial charge in [0.05, 0.1) is 11.1 Å². The molecule has 0 spiro atoms. The van der Waals surface area contributed by atoms with E-state index in [1.54, 1.807) is 6.08 Å². The Labute approximate surface area is 182 Å². The van der Waals surface area contributed by atoms with Crippen molar-refractivity contribution in [2.24, 2.45) is 5.92 Å². The molecular weight excluding hydrogens is 484 g/mol. The summed E-state index contributed by atoms with van der Waals surface area (Å²) in [6, 6.07) is 11.4. The zero-order valence-corrected chi connectivity index (χ0v) is 19.4. The first-order valence-electron chi connectivity index (χ1n) is 8.84. The standard InChI is InChI=1S/C22H22Br2N2O2/c1-13(2)12-28-21-16(9-18(23)10-19(21)24)8-17(11-25)22(27)26-20-7-5-6-14(3)15(20)4/h5-10,13H,12H2,1-4H3,(H,26,27)/b17-8+. The molecule has 0 heterocycles. The Balaban J connectivity index is 2.39. The number of aryl methyl sites for hydroxylation is 1. The van der Waals surface area contributed by atoms with Crippen LogP contribution in [0.5, 0.6) is 5.75 Å². The quantitative estimate of drug-likeness (QED) is 0.364. The van der Waals surface area contributed by atoms with E-state index in [2.05, 4.69) is 51.0 Å². The van der Waals surface area contributed by atoms with Crippen LogP contribution in [0.1, 0.15) is 30.5 Å². The SMILES string of the molecule is Cc1cccc(NC(=O)/C(C#N)=C/c2cc(Br)cc(Br)c2OCC(C)C)c1C. The number of amides is 1. The molecule has 0 saturated carbocycles. The number of hydrogen-bond donors (Lipinski definition) is 1. The first kappa shape index (κ1) is 22.2. The first-order valence-corrected chi connectivity index (χ1v) is 10.4. The van der Waals surface area contributed by atoms with Crippen LogP contribution in [-0.4, -0.2) is 12.5 Å². The zero-order valence-electron chi connectivity index (χ0n) is 16.3. The fraction of sp³-hybridized carbons (Fsp3) is 0.273. The van der Waals surface area contributed by atoms with E-state index < -0.39 is 5.91 Å². The second kappa shape index (κ2) is 9.90. The van der Waals surface area contributed by atoms with Gasteiger partial charge >= 0.3 is 0 Å². The van der Waals surface area contributed by atoms with Crippen LogP contribution in [0.15, 0.2) is 44.9 Å². The van der Waals surface area contributed by atoms with Gasteiger partial charge in [-0.2, -0.15) is 5.26 Å². The Bertz CT molecular complexity index is 960. The molecule has 1 amide bonds. The molecule has 0 unspecified atom stereocenters. The molecule has 0 fully saturated rings. The van der Waals surface area contributed by atoms with Gasteiger partial charge in [-0.05, 0) is 71.1 Å². The van der Waals surface area contributed by atoms with Crippen LogP contribution in [-0.2, 0) is 4.79 Å². The maximum Gasteiger partial charge on any atom is 0.266 e. The number of carbonyl (C=O) groups is 1. The second-order valence-electron chi connectivity index (χ2n) is 6.88. The monoisotopic (exact) mass is 504 g/mol. The predicted octanol–water partition coefficient (Wildman–Crippen LogP) is 6.41. The highest BCUT2D eigenvalue weighted by molar-refractivity contribution is 9.11. The van der Waals surface area contributed by atoms with Crippen molar-refractivity contribution >= 4 is 49.5 Å². The van der Waals surface area contributed by atoms with Gasteiger partial charge in [0, 0.05) is 15.7 Å². The third-order valence-corrected chi connectivity index (χ3v) is 5.16. The van der Waals surface area contributed by atoms with Gasteiger partial charge in [0.15, 0.2) is 0 Å². The van der Waals surface area contributed by atoms with Gasteiger partial charge in [-0.1, -0.05) is 41.9 Å². The van der Waals surface area contributed by atoms with Crippen LogP contribution in [0.2, 0.25) is 0 Å². The molecule has 2 aromatic rings. The predicted molar refractivity (Wildman–Crippen MR) is 120 cm³/mol. The highest BCUT2D eigenvalue weighted by Gasteiger charge is 2.15. The molecule has 1 N–H and O–H groups in total. The Hall–Kier alpha value is -2.10. The highest BCUT2D eigenvalue weighted by atomic mass is 79.9. The van der Waals surface area contributed by atoms with Crippen molar-refractivity contribution in [2.75, 3.05) is 11.9 Å². The lowest BCUT2D eigenvalue weighted by Gasteiger charge is -2.14. The van der Waals surface area contributed by atoms with Gasteiger partial charge in [-0.25, -0.2) is 0 Å². The highest BCUT2D eigenvalue weighted by Crippen LogP contribution is 2.35. The Morgan fingerprint density at radius 1 is 1.29 bits per heavy atom. The minimum absolute atomic E-state index is 0.000281. The number of nitrogens with one attached hydrogen (secondary N) is 1.